The van der Waals surface area contributed by atoms with Crippen molar-refractivity contribution in [2.75, 3.05) is 0 Å². The van der Waals surface area contributed by atoms with Gasteiger partial charge in [-0.3, -0.25) is 4.57 Å². The maximum absolute atomic E-state index is 5.20. The van der Waals surface area contributed by atoms with Gasteiger partial charge in [-0.25, -0.2) is 9.97 Å². The molecule has 0 saturated carbocycles. The quantitative estimate of drug-likeness (QED) is 0.283. The van der Waals surface area contributed by atoms with E-state index >= 15 is 0 Å². The van der Waals surface area contributed by atoms with Gasteiger partial charge in [-0.15, -0.1) is 0 Å². The predicted molar refractivity (Wildman–Crippen MR) is 138 cm³/mol. The average Bonchev–Trinajstić information content (AvgIpc) is 3.24. The predicted octanol–water partition coefficient (Wildman–Crippen LogP) is 7.69. The van der Waals surface area contributed by atoms with Crippen LogP contribution in [0.2, 0.25) is 0 Å². The van der Waals surface area contributed by atoms with Gasteiger partial charge >= 0.3 is 0 Å². The minimum atomic E-state index is -0.146. The molecule has 0 saturated heterocycles. The average molecular weight is 428 g/mol. The summed E-state index contributed by atoms with van der Waals surface area (Å²) in [5.74, 6) is 1.01. The lowest BCUT2D eigenvalue weighted by molar-refractivity contribution is 0.539. The van der Waals surface area contributed by atoms with E-state index in [-0.39, 0.29) is 5.41 Å². The van der Waals surface area contributed by atoms with Crippen molar-refractivity contribution in [1.29, 1.82) is 0 Å². The highest BCUT2D eigenvalue weighted by Gasteiger charge is 2.26. The zero-order valence-electron chi connectivity index (χ0n) is 19.1. The van der Waals surface area contributed by atoms with E-state index in [0.29, 0.717) is 0 Å². The first-order valence-corrected chi connectivity index (χ1v) is 11.4. The Morgan fingerprint density at radius 1 is 0.667 bits per heavy atom. The van der Waals surface area contributed by atoms with Crippen LogP contribution < -0.4 is 0 Å². The van der Waals surface area contributed by atoms with E-state index in [0.717, 1.165) is 33.8 Å². The second-order valence-electron chi connectivity index (χ2n) is 9.64. The van der Waals surface area contributed by atoms with E-state index in [1.165, 1.54) is 21.5 Å². The number of aromatic nitrogens is 3. The third-order valence-corrected chi connectivity index (χ3v) is 6.27. The SMILES string of the molecule is CC(C)(C)c1nc2c(-c3ccc4ccccc4c3)ccnc2n1-c1ccc2ccccc2c1. The molecule has 0 aliphatic heterocycles. The fourth-order valence-electron chi connectivity index (χ4n) is 4.63. The molecule has 0 aliphatic rings. The molecule has 3 nitrogen and oxygen atoms in total. The van der Waals surface area contributed by atoms with Crippen LogP contribution in [-0.4, -0.2) is 14.5 Å². The van der Waals surface area contributed by atoms with Crippen molar-refractivity contribution in [3.8, 4) is 16.8 Å². The summed E-state index contributed by atoms with van der Waals surface area (Å²) in [4.78, 5) is 10.0. The maximum atomic E-state index is 5.20. The molecule has 0 radical (unpaired) electrons. The van der Waals surface area contributed by atoms with Gasteiger partial charge in [0.15, 0.2) is 5.65 Å². The van der Waals surface area contributed by atoms with Gasteiger partial charge in [0.2, 0.25) is 0 Å². The van der Waals surface area contributed by atoms with Crippen molar-refractivity contribution in [3.63, 3.8) is 0 Å². The van der Waals surface area contributed by atoms with Crippen LogP contribution in [0.5, 0.6) is 0 Å². The van der Waals surface area contributed by atoms with Crippen molar-refractivity contribution >= 4 is 32.7 Å². The van der Waals surface area contributed by atoms with Crippen LogP contribution in [0, 0.1) is 0 Å². The van der Waals surface area contributed by atoms with Gasteiger partial charge in [0.25, 0.3) is 0 Å². The summed E-state index contributed by atoms with van der Waals surface area (Å²) < 4.78 is 2.23. The van der Waals surface area contributed by atoms with Crippen molar-refractivity contribution in [1.82, 2.24) is 14.5 Å². The maximum Gasteiger partial charge on any atom is 0.165 e. The number of imidazole rings is 1. The number of rotatable bonds is 2. The Morgan fingerprint density at radius 3 is 2.00 bits per heavy atom. The third kappa shape index (κ3) is 3.28. The summed E-state index contributed by atoms with van der Waals surface area (Å²) in [6.45, 7) is 6.63. The lowest BCUT2D eigenvalue weighted by atomic mass is 9.95. The molecule has 0 unspecified atom stereocenters. The van der Waals surface area contributed by atoms with Gasteiger partial charge in [0.05, 0.1) is 0 Å². The molecule has 33 heavy (non-hydrogen) atoms. The molecule has 2 aromatic heterocycles. The molecule has 0 N–H and O–H groups in total. The van der Waals surface area contributed by atoms with Crippen LogP contribution in [-0.2, 0) is 5.41 Å². The summed E-state index contributed by atoms with van der Waals surface area (Å²) in [6.07, 6.45) is 1.90. The zero-order chi connectivity index (χ0) is 22.6. The van der Waals surface area contributed by atoms with Gasteiger partial charge in [-0.2, -0.15) is 0 Å². The fraction of sp³-hybridized carbons (Fsp3) is 0.133. The molecule has 4 aromatic carbocycles. The first kappa shape index (κ1) is 19.7. The molecule has 0 fully saturated rings. The molecule has 3 heteroatoms. The van der Waals surface area contributed by atoms with Gasteiger partial charge < -0.3 is 0 Å². The standard InChI is InChI=1S/C30H25N3/c1-30(2,3)29-32-27-26(24-13-12-20-8-4-6-10-22(20)18-24)16-17-31-28(27)33(29)25-15-14-21-9-5-7-11-23(21)19-25/h4-19H,1-3H3. The van der Waals surface area contributed by atoms with Crippen LogP contribution in [0.25, 0.3) is 49.5 Å². The highest BCUT2D eigenvalue weighted by atomic mass is 15.1. The highest BCUT2D eigenvalue weighted by molar-refractivity contribution is 5.95. The summed E-state index contributed by atoms with van der Waals surface area (Å²) in [7, 11) is 0. The van der Waals surface area contributed by atoms with Crippen LogP contribution >= 0.6 is 0 Å². The molecular formula is C30H25N3. The Balaban J connectivity index is 1.63. The first-order chi connectivity index (χ1) is 16.0. The van der Waals surface area contributed by atoms with Gasteiger partial charge in [-0.1, -0.05) is 87.5 Å². The van der Waals surface area contributed by atoms with Crippen LogP contribution in [0.3, 0.4) is 0 Å². The lowest BCUT2D eigenvalue weighted by Crippen LogP contribution is -2.18. The summed E-state index contributed by atoms with van der Waals surface area (Å²) >= 11 is 0. The second kappa shape index (κ2) is 7.28. The van der Waals surface area contributed by atoms with E-state index in [4.69, 9.17) is 9.97 Å². The van der Waals surface area contributed by atoms with E-state index in [1.807, 2.05) is 6.20 Å². The van der Waals surface area contributed by atoms with E-state index in [9.17, 15) is 0 Å². The molecule has 160 valence electrons. The molecule has 0 atom stereocenters. The molecule has 0 aliphatic carbocycles. The first-order valence-electron chi connectivity index (χ1n) is 11.4. The Labute approximate surface area is 193 Å². The molecule has 6 rings (SSSR count). The number of fused-ring (bicyclic) bond motifs is 3. The Bertz CT molecular complexity index is 1650. The van der Waals surface area contributed by atoms with Crippen molar-refractivity contribution in [2.45, 2.75) is 26.2 Å². The van der Waals surface area contributed by atoms with Gasteiger partial charge in [0.1, 0.15) is 11.3 Å². The largest absolute Gasteiger partial charge is 0.280 e. The molecular weight excluding hydrogens is 402 g/mol. The monoisotopic (exact) mass is 427 g/mol. The summed E-state index contributed by atoms with van der Waals surface area (Å²) in [6, 6.07) is 32.2. The third-order valence-electron chi connectivity index (χ3n) is 6.27. The summed E-state index contributed by atoms with van der Waals surface area (Å²) in [5.41, 5.74) is 5.03. The van der Waals surface area contributed by atoms with Crippen molar-refractivity contribution in [2.24, 2.45) is 0 Å². The van der Waals surface area contributed by atoms with Gasteiger partial charge in [0, 0.05) is 22.9 Å². The van der Waals surface area contributed by atoms with E-state index in [2.05, 4.69) is 116 Å². The van der Waals surface area contributed by atoms with Crippen molar-refractivity contribution < 1.29 is 0 Å². The summed E-state index contributed by atoms with van der Waals surface area (Å²) in [5, 5.41) is 4.91. The number of hydrogen-bond acceptors (Lipinski definition) is 2. The number of hydrogen-bond donors (Lipinski definition) is 0. The van der Waals surface area contributed by atoms with Crippen LogP contribution in [0.4, 0.5) is 0 Å². The number of pyridine rings is 1. The highest BCUT2D eigenvalue weighted by Crippen LogP contribution is 2.35. The fourth-order valence-corrected chi connectivity index (χ4v) is 4.63. The van der Waals surface area contributed by atoms with E-state index < -0.39 is 0 Å². The van der Waals surface area contributed by atoms with E-state index in [1.54, 1.807) is 0 Å². The van der Waals surface area contributed by atoms with Gasteiger partial charge in [-0.05, 0) is 51.4 Å². The number of benzene rings is 4. The minimum absolute atomic E-state index is 0.146. The second-order valence-corrected chi connectivity index (χ2v) is 9.64. The minimum Gasteiger partial charge on any atom is -0.280 e. The Kier molecular flexibility index (Phi) is 4.34. The molecule has 2 heterocycles. The molecule has 0 amide bonds. The number of nitrogens with zero attached hydrogens (tertiary/aromatic N) is 3. The topological polar surface area (TPSA) is 30.7 Å². The van der Waals surface area contributed by atoms with Crippen LogP contribution in [0.1, 0.15) is 26.6 Å². The Hall–Kier alpha value is -3.98. The Morgan fingerprint density at radius 2 is 1.30 bits per heavy atom. The molecule has 6 aromatic rings. The lowest BCUT2D eigenvalue weighted by Gasteiger charge is -2.20. The normalized spacial score (nSPS) is 12.1. The smallest absolute Gasteiger partial charge is 0.165 e. The van der Waals surface area contributed by atoms with Crippen LogP contribution in [0.15, 0.2) is 97.2 Å². The zero-order valence-corrected chi connectivity index (χ0v) is 19.1. The molecule has 0 spiro atoms. The van der Waals surface area contributed by atoms with Crippen molar-refractivity contribution in [3.05, 3.63) is 103 Å². The molecule has 0 bridgehead atoms.